The first-order valence-corrected chi connectivity index (χ1v) is 9.33. The molecule has 1 aliphatic heterocycles. The Labute approximate surface area is 184 Å². The van der Waals surface area contributed by atoms with Crippen molar-refractivity contribution in [3.05, 3.63) is 73.4 Å². The second kappa shape index (κ2) is 9.02. The molecule has 0 saturated carbocycles. The molecule has 2 aromatic carbocycles. The second-order valence-corrected chi connectivity index (χ2v) is 7.12. The lowest BCUT2D eigenvalue weighted by atomic mass is 10.1. The smallest absolute Gasteiger partial charge is 0.329 e. The van der Waals surface area contributed by atoms with Crippen molar-refractivity contribution >= 4 is 52.9 Å². The van der Waals surface area contributed by atoms with Crippen LogP contribution in [0.25, 0.3) is 6.08 Å². The van der Waals surface area contributed by atoms with Crippen LogP contribution in [-0.2, 0) is 16.2 Å². The van der Waals surface area contributed by atoms with Crippen LogP contribution in [-0.4, -0.2) is 39.4 Å². The number of carboxylic acids is 1. The number of hydrogen-bond acceptors (Lipinski definition) is 6. The predicted molar refractivity (Wildman–Crippen MR) is 110 cm³/mol. The zero-order valence-electron chi connectivity index (χ0n) is 15.5. The summed E-state index contributed by atoms with van der Waals surface area (Å²) in [5, 5.41) is 22.1. The summed E-state index contributed by atoms with van der Waals surface area (Å²) >= 11 is 12.4. The van der Waals surface area contributed by atoms with E-state index in [2.05, 4.69) is 5.32 Å². The number of halogens is 2. The number of benzene rings is 2. The minimum Gasteiger partial charge on any atom is -0.486 e. The van der Waals surface area contributed by atoms with E-state index in [9.17, 15) is 24.5 Å². The third-order valence-electron chi connectivity index (χ3n) is 4.09. The van der Waals surface area contributed by atoms with E-state index >= 15 is 0 Å². The van der Waals surface area contributed by atoms with Crippen LogP contribution in [0.3, 0.4) is 0 Å². The summed E-state index contributed by atoms with van der Waals surface area (Å²) in [4.78, 5) is 45.6. The molecule has 12 heteroatoms. The van der Waals surface area contributed by atoms with Crippen LogP contribution in [0.5, 0.6) is 5.75 Å². The molecule has 1 aliphatic rings. The molecule has 0 radical (unpaired) electrons. The number of nitro benzene ring substituents is 1. The number of non-ortho nitro benzene ring substituents is 1. The van der Waals surface area contributed by atoms with E-state index in [1.54, 1.807) is 6.07 Å². The molecule has 1 fully saturated rings. The number of carboxylic acid groups (broad SMARTS) is 1. The van der Waals surface area contributed by atoms with Crippen molar-refractivity contribution in [2.45, 2.75) is 6.61 Å². The minimum absolute atomic E-state index is 0.0275. The molecule has 0 aromatic heterocycles. The first kappa shape index (κ1) is 22.1. The number of amides is 3. The highest BCUT2D eigenvalue weighted by Crippen LogP contribution is 2.35. The van der Waals surface area contributed by atoms with Crippen molar-refractivity contribution in [3.63, 3.8) is 0 Å². The maximum Gasteiger partial charge on any atom is 0.329 e. The molecule has 1 saturated heterocycles. The fourth-order valence-corrected chi connectivity index (χ4v) is 3.35. The lowest BCUT2D eigenvalue weighted by Gasteiger charge is -2.11. The number of nitrogens with zero attached hydrogens (tertiary/aromatic N) is 2. The fourth-order valence-electron chi connectivity index (χ4n) is 2.73. The number of hydrogen-bond donors (Lipinski definition) is 2. The minimum atomic E-state index is -1.33. The first-order valence-electron chi connectivity index (χ1n) is 8.57. The summed E-state index contributed by atoms with van der Waals surface area (Å²) in [5.41, 5.74) is 0.674. The Bertz CT molecular complexity index is 1110. The monoisotopic (exact) mass is 465 g/mol. The molecule has 2 aromatic rings. The molecular weight excluding hydrogens is 453 g/mol. The summed E-state index contributed by atoms with van der Waals surface area (Å²) in [6, 6.07) is 7.89. The second-order valence-electron chi connectivity index (χ2n) is 6.30. The van der Waals surface area contributed by atoms with Crippen LogP contribution in [0, 0.1) is 10.1 Å². The number of ether oxygens (including phenoxy) is 1. The molecule has 160 valence electrons. The van der Waals surface area contributed by atoms with Gasteiger partial charge in [-0.3, -0.25) is 19.7 Å². The Morgan fingerprint density at radius 1 is 1.23 bits per heavy atom. The number of carbonyl (C=O) groups is 3. The molecule has 0 aliphatic carbocycles. The standard InChI is InChI=1S/C19H13Cl2N3O7/c20-13-5-11(7-15-18(27)23(8-16(25)26)19(28)22-15)6-14(21)17(13)31-9-10-2-1-3-12(4-10)24(29)30/h1-7H,8-9H2,(H,22,28)(H,25,26)/b15-7+. The van der Waals surface area contributed by atoms with E-state index in [-0.39, 0.29) is 33.8 Å². The van der Waals surface area contributed by atoms with Crippen molar-refractivity contribution < 1.29 is 29.2 Å². The van der Waals surface area contributed by atoms with E-state index in [4.69, 9.17) is 33.0 Å². The molecule has 0 unspecified atom stereocenters. The third kappa shape index (κ3) is 5.11. The van der Waals surface area contributed by atoms with E-state index in [0.717, 1.165) is 0 Å². The molecule has 10 nitrogen and oxygen atoms in total. The Kier molecular flexibility index (Phi) is 6.42. The highest BCUT2D eigenvalue weighted by molar-refractivity contribution is 6.37. The zero-order chi connectivity index (χ0) is 22.7. The van der Waals surface area contributed by atoms with Gasteiger partial charge in [0.15, 0.2) is 5.75 Å². The van der Waals surface area contributed by atoms with Gasteiger partial charge in [0.05, 0.1) is 15.0 Å². The Balaban J connectivity index is 1.78. The van der Waals surface area contributed by atoms with Gasteiger partial charge in [0, 0.05) is 12.1 Å². The maximum atomic E-state index is 12.2. The number of nitro groups is 1. The van der Waals surface area contributed by atoms with Gasteiger partial charge in [-0.1, -0.05) is 35.3 Å². The van der Waals surface area contributed by atoms with Crippen molar-refractivity contribution in [1.29, 1.82) is 0 Å². The highest BCUT2D eigenvalue weighted by atomic mass is 35.5. The molecular formula is C19H13Cl2N3O7. The van der Waals surface area contributed by atoms with Gasteiger partial charge in [-0.05, 0) is 29.3 Å². The zero-order valence-corrected chi connectivity index (χ0v) is 17.0. The third-order valence-corrected chi connectivity index (χ3v) is 4.65. The van der Waals surface area contributed by atoms with Gasteiger partial charge in [-0.15, -0.1) is 0 Å². The maximum absolute atomic E-state index is 12.2. The SMILES string of the molecule is O=C(O)CN1C(=O)N/C(=C/c2cc(Cl)c(OCc3cccc([N+](=O)[O-])c3)c(Cl)c2)C1=O. The van der Waals surface area contributed by atoms with E-state index in [1.165, 1.54) is 36.4 Å². The topological polar surface area (TPSA) is 139 Å². The molecule has 0 spiro atoms. The average Bonchev–Trinajstić information content (AvgIpc) is 2.94. The van der Waals surface area contributed by atoms with Crippen LogP contribution in [0.2, 0.25) is 10.0 Å². The molecule has 0 atom stereocenters. The molecule has 31 heavy (non-hydrogen) atoms. The van der Waals surface area contributed by atoms with Crippen molar-refractivity contribution in [1.82, 2.24) is 10.2 Å². The quantitative estimate of drug-likeness (QED) is 0.276. The fraction of sp³-hybridized carbons (Fsp3) is 0.105. The van der Waals surface area contributed by atoms with Gasteiger partial charge < -0.3 is 15.2 Å². The number of imide groups is 1. The first-order chi connectivity index (χ1) is 14.7. The number of nitrogens with one attached hydrogen (secondary N) is 1. The van der Waals surface area contributed by atoms with Gasteiger partial charge in [0.25, 0.3) is 11.6 Å². The summed E-state index contributed by atoms with van der Waals surface area (Å²) in [6.45, 7) is -0.797. The van der Waals surface area contributed by atoms with Gasteiger partial charge in [-0.2, -0.15) is 0 Å². The Morgan fingerprint density at radius 2 is 1.90 bits per heavy atom. The largest absolute Gasteiger partial charge is 0.486 e. The summed E-state index contributed by atoms with van der Waals surface area (Å²) in [7, 11) is 0. The number of aliphatic carboxylic acids is 1. The van der Waals surface area contributed by atoms with Gasteiger partial charge in [0.2, 0.25) is 0 Å². The lowest BCUT2D eigenvalue weighted by molar-refractivity contribution is -0.384. The van der Waals surface area contributed by atoms with Crippen LogP contribution >= 0.6 is 23.2 Å². The van der Waals surface area contributed by atoms with Crippen LogP contribution in [0.15, 0.2) is 42.1 Å². The molecule has 1 heterocycles. The van der Waals surface area contributed by atoms with Gasteiger partial charge >= 0.3 is 12.0 Å². The lowest BCUT2D eigenvalue weighted by Crippen LogP contribution is -2.35. The van der Waals surface area contributed by atoms with Crippen LogP contribution in [0.4, 0.5) is 10.5 Å². The molecule has 3 rings (SSSR count). The molecule has 0 bridgehead atoms. The van der Waals surface area contributed by atoms with E-state index in [0.29, 0.717) is 16.0 Å². The van der Waals surface area contributed by atoms with E-state index in [1.807, 2.05) is 0 Å². The van der Waals surface area contributed by atoms with Gasteiger partial charge in [-0.25, -0.2) is 9.69 Å². The van der Waals surface area contributed by atoms with Crippen molar-refractivity contribution in [3.8, 4) is 5.75 Å². The molecule has 3 amide bonds. The van der Waals surface area contributed by atoms with Crippen molar-refractivity contribution in [2.75, 3.05) is 6.54 Å². The van der Waals surface area contributed by atoms with Crippen LogP contribution in [0.1, 0.15) is 11.1 Å². The number of urea groups is 1. The normalized spacial score (nSPS) is 14.6. The number of carbonyl (C=O) groups excluding carboxylic acids is 2. The Hall–Kier alpha value is -3.63. The predicted octanol–water partition coefficient (Wildman–Crippen LogP) is 3.46. The summed E-state index contributed by atoms with van der Waals surface area (Å²) in [5.74, 6) is -2.00. The van der Waals surface area contributed by atoms with E-state index < -0.39 is 29.4 Å². The van der Waals surface area contributed by atoms with Crippen LogP contribution < -0.4 is 10.1 Å². The molecule has 2 N–H and O–H groups in total. The van der Waals surface area contributed by atoms with Gasteiger partial charge in [0.1, 0.15) is 18.8 Å². The highest BCUT2D eigenvalue weighted by Gasteiger charge is 2.34. The summed E-state index contributed by atoms with van der Waals surface area (Å²) in [6.07, 6.45) is 1.30. The summed E-state index contributed by atoms with van der Waals surface area (Å²) < 4.78 is 5.59. The van der Waals surface area contributed by atoms with Crippen molar-refractivity contribution in [2.24, 2.45) is 0 Å². The average molecular weight is 466 g/mol. The number of rotatable bonds is 7. The Morgan fingerprint density at radius 3 is 2.52 bits per heavy atom.